The first kappa shape index (κ1) is 14.6. The molecule has 1 rings (SSSR count). The van der Waals surface area contributed by atoms with Gasteiger partial charge in [-0.2, -0.15) is 0 Å². The average molecular weight is 249 g/mol. The minimum absolute atomic E-state index is 0.0421. The zero-order chi connectivity index (χ0) is 13.8. The van der Waals surface area contributed by atoms with Gasteiger partial charge in [-0.25, -0.2) is 0 Å². The fraction of sp³-hybridized carbons (Fsp3) is 0.533. The van der Waals surface area contributed by atoms with Crippen LogP contribution in [-0.2, 0) is 6.42 Å². The molecule has 18 heavy (non-hydrogen) atoms. The van der Waals surface area contributed by atoms with E-state index in [-0.39, 0.29) is 17.1 Å². The molecule has 100 valence electrons. The lowest BCUT2D eigenvalue weighted by atomic mass is 9.92. The van der Waals surface area contributed by atoms with Crippen LogP contribution in [0.1, 0.15) is 50.0 Å². The molecule has 1 aromatic rings. The molecule has 0 spiro atoms. The van der Waals surface area contributed by atoms with Gasteiger partial charge in [0.05, 0.1) is 5.56 Å². The number of benzene rings is 1. The van der Waals surface area contributed by atoms with E-state index in [1.54, 1.807) is 12.1 Å². The molecule has 1 amide bonds. The highest BCUT2D eigenvalue weighted by atomic mass is 16.3. The van der Waals surface area contributed by atoms with Crippen molar-refractivity contribution in [2.45, 2.75) is 40.5 Å². The van der Waals surface area contributed by atoms with Crippen molar-refractivity contribution in [2.75, 3.05) is 6.54 Å². The van der Waals surface area contributed by atoms with Crippen LogP contribution in [0.25, 0.3) is 0 Å². The molecule has 0 aliphatic heterocycles. The molecular formula is C15H23NO2. The van der Waals surface area contributed by atoms with Gasteiger partial charge in [0, 0.05) is 6.54 Å². The van der Waals surface area contributed by atoms with Gasteiger partial charge in [0.2, 0.25) is 0 Å². The van der Waals surface area contributed by atoms with E-state index in [0.29, 0.717) is 12.1 Å². The van der Waals surface area contributed by atoms with E-state index in [2.05, 4.69) is 26.1 Å². The number of rotatable bonds is 4. The molecule has 3 nitrogen and oxygen atoms in total. The predicted molar refractivity (Wildman–Crippen MR) is 73.9 cm³/mol. The summed E-state index contributed by atoms with van der Waals surface area (Å²) in [6.07, 6.45) is 1.76. The molecule has 0 heterocycles. The van der Waals surface area contributed by atoms with Gasteiger partial charge in [-0.05, 0) is 36.0 Å². The maximum absolute atomic E-state index is 11.9. The Hall–Kier alpha value is -1.51. The fourth-order valence-electron chi connectivity index (χ4n) is 1.63. The van der Waals surface area contributed by atoms with Crippen molar-refractivity contribution in [1.82, 2.24) is 5.32 Å². The van der Waals surface area contributed by atoms with E-state index in [1.807, 2.05) is 13.0 Å². The van der Waals surface area contributed by atoms with E-state index < -0.39 is 0 Å². The zero-order valence-corrected chi connectivity index (χ0v) is 11.7. The van der Waals surface area contributed by atoms with Gasteiger partial charge in [0.1, 0.15) is 5.75 Å². The number of phenolic OH excluding ortho intramolecular Hbond substituents is 1. The minimum Gasteiger partial charge on any atom is -0.507 e. The summed E-state index contributed by atoms with van der Waals surface area (Å²) >= 11 is 0. The van der Waals surface area contributed by atoms with Gasteiger partial charge >= 0.3 is 0 Å². The summed E-state index contributed by atoms with van der Waals surface area (Å²) in [5.74, 6) is -0.160. The molecule has 0 saturated carbocycles. The molecule has 1 aromatic carbocycles. The van der Waals surface area contributed by atoms with Gasteiger partial charge in [-0.15, -0.1) is 0 Å². The largest absolute Gasteiger partial charge is 0.507 e. The molecule has 0 aromatic heterocycles. The van der Waals surface area contributed by atoms with Crippen LogP contribution in [0.3, 0.4) is 0 Å². The topological polar surface area (TPSA) is 49.3 Å². The van der Waals surface area contributed by atoms with Crippen LogP contribution in [0.4, 0.5) is 0 Å². The Bertz CT molecular complexity index is 419. The number of hydrogen-bond donors (Lipinski definition) is 2. The Morgan fingerprint density at radius 3 is 2.56 bits per heavy atom. The second-order valence-corrected chi connectivity index (χ2v) is 5.77. The first-order valence-electron chi connectivity index (χ1n) is 6.43. The summed E-state index contributed by atoms with van der Waals surface area (Å²) in [5, 5.41) is 12.5. The van der Waals surface area contributed by atoms with Crippen LogP contribution in [0, 0.1) is 5.41 Å². The summed E-state index contributed by atoms with van der Waals surface area (Å²) in [6, 6.07) is 5.17. The van der Waals surface area contributed by atoms with Crippen molar-refractivity contribution in [1.29, 1.82) is 0 Å². The monoisotopic (exact) mass is 249 g/mol. The zero-order valence-electron chi connectivity index (χ0n) is 11.7. The van der Waals surface area contributed by atoms with Crippen molar-refractivity contribution in [3.05, 3.63) is 29.3 Å². The molecule has 2 N–H and O–H groups in total. The van der Waals surface area contributed by atoms with Crippen LogP contribution in [0.5, 0.6) is 5.75 Å². The standard InChI is InChI=1S/C15H23NO2/c1-5-11-6-7-13(17)12(10-11)14(18)16-9-8-15(2,3)4/h6-7,10,17H,5,8-9H2,1-4H3,(H,16,18). The summed E-state index contributed by atoms with van der Waals surface area (Å²) in [5.41, 5.74) is 1.61. The van der Waals surface area contributed by atoms with E-state index in [0.717, 1.165) is 18.4 Å². The molecule has 0 aliphatic rings. The Morgan fingerprint density at radius 1 is 1.33 bits per heavy atom. The molecule has 0 atom stereocenters. The van der Waals surface area contributed by atoms with Gasteiger partial charge in [0.25, 0.3) is 5.91 Å². The number of nitrogens with one attached hydrogen (secondary N) is 1. The highest BCUT2D eigenvalue weighted by Gasteiger charge is 2.14. The van der Waals surface area contributed by atoms with Gasteiger partial charge in [-0.1, -0.05) is 33.8 Å². The van der Waals surface area contributed by atoms with Crippen LogP contribution in [0.2, 0.25) is 0 Å². The normalized spacial score (nSPS) is 11.3. The van der Waals surface area contributed by atoms with Crippen LogP contribution >= 0.6 is 0 Å². The molecule has 0 fully saturated rings. The quantitative estimate of drug-likeness (QED) is 0.861. The number of phenols is 1. The Labute approximate surface area is 109 Å². The lowest BCUT2D eigenvalue weighted by Gasteiger charge is -2.18. The van der Waals surface area contributed by atoms with Crippen molar-refractivity contribution in [2.24, 2.45) is 5.41 Å². The van der Waals surface area contributed by atoms with Gasteiger partial charge < -0.3 is 10.4 Å². The van der Waals surface area contributed by atoms with Crippen molar-refractivity contribution in [3.8, 4) is 5.75 Å². The number of hydrogen-bond acceptors (Lipinski definition) is 2. The number of amides is 1. The Balaban J connectivity index is 2.66. The van der Waals surface area contributed by atoms with E-state index >= 15 is 0 Å². The second-order valence-electron chi connectivity index (χ2n) is 5.77. The Morgan fingerprint density at radius 2 is 2.00 bits per heavy atom. The smallest absolute Gasteiger partial charge is 0.255 e. The average Bonchev–Trinajstić information content (AvgIpc) is 2.27. The third-order valence-corrected chi connectivity index (χ3v) is 2.87. The second kappa shape index (κ2) is 5.89. The number of carbonyl (C=O) groups is 1. The first-order chi connectivity index (χ1) is 8.33. The minimum atomic E-state index is -0.202. The third-order valence-electron chi connectivity index (χ3n) is 2.87. The molecule has 0 bridgehead atoms. The summed E-state index contributed by atoms with van der Waals surface area (Å²) in [4.78, 5) is 11.9. The van der Waals surface area contributed by atoms with Gasteiger partial charge in [0.15, 0.2) is 0 Å². The molecule has 0 aliphatic carbocycles. The highest BCUT2D eigenvalue weighted by molar-refractivity contribution is 5.96. The van der Waals surface area contributed by atoms with Crippen molar-refractivity contribution < 1.29 is 9.90 Å². The number of aryl methyl sites for hydroxylation is 1. The number of aromatic hydroxyl groups is 1. The SMILES string of the molecule is CCc1ccc(O)c(C(=O)NCCC(C)(C)C)c1. The summed E-state index contributed by atoms with van der Waals surface area (Å²) < 4.78 is 0. The van der Waals surface area contributed by atoms with Crippen molar-refractivity contribution in [3.63, 3.8) is 0 Å². The maximum atomic E-state index is 11.9. The number of carbonyl (C=O) groups excluding carboxylic acids is 1. The first-order valence-corrected chi connectivity index (χ1v) is 6.43. The predicted octanol–water partition coefficient (Wildman–Crippen LogP) is 3.12. The van der Waals surface area contributed by atoms with Gasteiger partial charge in [-0.3, -0.25) is 4.79 Å². The van der Waals surface area contributed by atoms with E-state index in [1.165, 1.54) is 0 Å². The summed E-state index contributed by atoms with van der Waals surface area (Å²) in [6.45, 7) is 9.04. The molecule has 0 saturated heterocycles. The van der Waals surface area contributed by atoms with Crippen LogP contribution < -0.4 is 5.32 Å². The highest BCUT2D eigenvalue weighted by Crippen LogP contribution is 2.20. The fourth-order valence-corrected chi connectivity index (χ4v) is 1.63. The van der Waals surface area contributed by atoms with Crippen LogP contribution in [-0.4, -0.2) is 17.6 Å². The lowest BCUT2D eigenvalue weighted by Crippen LogP contribution is -2.27. The summed E-state index contributed by atoms with van der Waals surface area (Å²) in [7, 11) is 0. The maximum Gasteiger partial charge on any atom is 0.255 e. The molecular weight excluding hydrogens is 226 g/mol. The molecule has 0 unspecified atom stereocenters. The Kier molecular flexibility index (Phi) is 4.76. The third kappa shape index (κ3) is 4.40. The molecule has 3 heteroatoms. The van der Waals surface area contributed by atoms with E-state index in [4.69, 9.17) is 0 Å². The lowest BCUT2D eigenvalue weighted by molar-refractivity contribution is 0.0947. The molecule has 0 radical (unpaired) electrons. The van der Waals surface area contributed by atoms with E-state index in [9.17, 15) is 9.90 Å². The van der Waals surface area contributed by atoms with Crippen molar-refractivity contribution >= 4 is 5.91 Å². The van der Waals surface area contributed by atoms with Crippen LogP contribution in [0.15, 0.2) is 18.2 Å².